The number of pyridine rings is 1. The second kappa shape index (κ2) is 6.89. The number of ether oxygens (including phenoxy) is 2. The highest BCUT2D eigenvalue weighted by Gasteiger charge is 2.28. The Labute approximate surface area is 134 Å². The van der Waals surface area contributed by atoms with Gasteiger partial charge in [0, 0.05) is 25.4 Å². The van der Waals surface area contributed by atoms with Crippen LogP contribution in [0.5, 0.6) is 5.75 Å². The van der Waals surface area contributed by atoms with Crippen LogP contribution in [0.3, 0.4) is 0 Å². The Kier molecular flexibility index (Phi) is 4.68. The van der Waals surface area contributed by atoms with Crippen LogP contribution in [-0.2, 0) is 4.74 Å². The summed E-state index contributed by atoms with van der Waals surface area (Å²) in [5, 5.41) is 8.14. The summed E-state index contributed by atoms with van der Waals surface area (Å²) < 4.78 is 16.7. The highest BCUT2D eigenvalue weighted by Crippen LogP contribution is 2.24. The van der Waals surface area contributed by atoms with E-state index in [1.807, 2.05) is 19.1 Å². The van der Waals surface area contributed by atoms with Gasteiger partial charge in [-0.15, -0.1) is 10.2 Å². The molecule has 3 rings (SSSR count). The van der Waals surface area contributed by atoms with Gasteiger partial charge in [0.25, 0.3) is 0 Å². The van der Waals surface area contributed by atoms with Gasteiger partial charge < -0.3 is 18.8 Å². The molecule has 0 spiro atoms. The molecule has 1 aliphatic rings. The van der Waals surface area contributed by atoms with Crippen LogP contribution >= 0.6 is 0 Å². The third kappa shape index (κ3) is 3.94. The summed E-state index contributed by atoms with van der Waals surface area (Å²) in [4.78, 5) is 6.29. The Hall–Kier alpha value is -2.25. The molecular weight excluding hydrogens is 296 g/mol. The second-order valence-electron chi connectivity index (χ2n) is 5.63. The van der Waals surface area contributed by atoms with E-state index in [0.717, 1.165) is 18.7 Å². The van der Waals surface area contributed by atoms with E-state index >= 15 is 0 Å². The van der Waals surface area contributed by atoms with Crippen molar-refractivity contribution in [2.24, 2.45) is 0 Å². The first-order chi connectivity index (χ1) is 11.1. The zero-order valence-electron chi connectivity index (χ0n) is 13.5. The van der Waals surface area contributed by atoms with E-state index < -0.39 is 0 Å². The molecule has 7 heteroatoms. The molecule has 0 amide bonds. The van der Waals surface area contributed by atoms with Crippen LogP contribution < -0.4 is 4.74 Å². The average Bonchev–Trinajstić information content (AvgIpc) is 3.01. The molecule has 7 nitrogen and oxygen atoms in total. The van der Waals surface area contributed by atoms with Crippen LogP contribution in [0.1, 0.15) is 30.4 Å². The summed E-state index contributed by atoms with van der Waals surface area (Å²) >= 11 is 0. The quantitative estimate of drug-likeness (QED) is 0.854. The largest absolute Gasteiger partial charge is 0.495 e. The SMILES string of the molecule is COc1cncc(/C=C/c2nnc([C@H]3CN(C)C[C@@H](C)O3)o2)c1. The van der Waals surface area contributed by atoms with Crippen LogP contribution in [0.2, 0.25) is 0 Å². The van der Waals surface area contributed by atoms with Crippen molar-refractivity contribution in [3.63, 3.8) is 0 Å². The molecule has 0 N–H and O–H groups in total. The summed E-state index contributed by atoms with van der Waals surface area (Å²) in [7, 11) is 3.66. The number of hydrogen-bond donors (Lipinski definition) is 0. The highest BCUT2D eigenvalue weighted by atomic mass is 16.5. The number of methoxy groups -OCH3 is 1. The van der Waals surface area contributed by atoms with E-state index in [1.165, 1.54) is 0 Å². The fraction of sp³-hybridized carbons (Fsp3) is 0.438. The van der Waals surface area contributed by atoms with Gasteiger partial charge in [0.1, 0.15) is 11.9 Å². The standard InChI is InChI=1S/C16H20N4O3/c1-11-9-20(2)10-14(22-11)16-19-18-15(23-16)5-4-12-6-13(21-3)8-17-7-12/h4-8,11,14H,9-10H2,1-3H3/b5-4+/t11-,14-/m1/s1. The molecule has 0 radical (unpaired) electrons. The fourth-order valence-electron chi connectivity index (χ4n) is 2.55. The summed E-state index contributed by atoms with van der Waals surface area (Å²) in [5.74, 6) is 1.64. The number of hydrogen-bond acceptors (Lipinski definition) is 7. The third-order valence-corrected chi connectivity index (χ3v) is 3.56. The van der Waals surface area contributed by atoms with Gasteiger partial charge >= 0.3 is 0 Å². The van der Waals surface area contributed by atoms with Gasteiger partial charge in [-0.3, -0.25) is 4.98 Å². The van der Waals surface area contributed by atoms with Gasteiger partial charge in [0.2, 0.25) is 11.8 Å². The first-order valence-electron chi connectivity index (χ1n) is 7.48. The predicted molar refractivity (Wildman–Crippen MR) is 84.8 cm³/mol. The number of nitrogens with zero attached hydrogens (tertiary/aromatic N) is 4. The smallest absolute Gasteiger partial charge is 0.246 e. The van der Waals surface area contributed by atoms with Crippen molar-refractivity contribution in [2.75, 3.05) is 27.2 Å². The van der Waals surface area contributed by atoms with Gasteiger partial charge in [-0.2, -0.15) is 0 Å². The van der Waals surface area contributed by atoms with Gasteiger partial charge in [-0.1, -0.05) is 0 Å². The van der Waals surface area contributed by atoms with Crippen molar-refractivity contribution in [3.05, 3.63) is 35.8 Å². The van der Waals surface area contributed by atoms with Crippen LogP contribution in [-0.4, -0.2) is 53.4 Å². The van der Waals surface area contributed by atoms with Crippen molar-refractivity contribution in [2.45, 2.75) is 19.1 Å². The molecule has 2 aromatic rings. The molecule has 2 aromatic heterocycles. The first-order valence-corrected chi connectivity index (χ1v) is 7.48. The Balaban J connectivity index is 1.70. The number of aromatic nitrogens is 3. The monoisotopic (exact) mass is 316 g/mol. The maximum atomic E-state index is 5.86. The molecule has 122 valence electrons. The maximum Gasteiger partial charge on any atom is 0.246 e. The van der Waals surface area contributed by atoms with Gasteiger partial charge in [-0.05, 0) is 31.7 Å². The third-order valence-electron chi connectivity index (χ3n) is 3.56. The zero-order chi connectivity index (χ0) is 16.2. The maximum absolute atomic E-state index is 5.86. The van der Waals surface area contributed by atoms with Crippen molar-refractivity contribution in [1.29, 1.82) is 0 Å². The van der Waals surface area contributed by atoms with E-state index in [9.17, 15) is 0 Å². The number of morpholine rings is 1. The Morgan fingerprint density at radius 2 is 2.13 bits per heavy atom. The second-order valence-corrected chi connectivity index (χ2v) is 5.63. The fourth-order valence-corrected chi connectivity index (χ4v) is 2.55. The molecular formula is C16H20N4O3. The molecule has 0 unspecified atom stereocenters. The Morgan fingerprint density at radius 3 is 2.91 bits per heavy atom. The van der Waals surface area contributed by atoms with Gasteiger partial charge in [-0.25, -0.2) is 0 Å². The lowest BCUT2D eigenvalue weighted by Crippen LogP contribution is -2.40. The Morgan fingerprint density at radius 1 is 1.26 bits per heavy atom. The van der Waals surface area contributed by atoms with E-state index in [1.54, 1.807) is 25.6 Å². The minimum absolute atomic E-state index is 0.146. The molecule has 0 bridgehead atoms. The van der Waals surface area contributed by atoms with Crippen LogP contribution in [0.4, 0.5) is 0 Å². The Bertz CT molecular complexity index is 675. The van der Waals surface area contributed by atoms with Gasteiger partial charge in [0.15, 0.2) is 0 Å². The van der Waals surface area contributed by atoms with Crippen LogP contribution in [0, 0.1) is 0 Å². The summed E-state index contributed by atoms with van der Waals surface area (Å²) in [5.41, 5.74) is 0.895. The van der Waals surface area contributed by atoms with Crippen molar-refractivity contribution < 1.29 is 13.9 Å². The first kappa shape index (κ1) is 15.6. The normalized spacial score (nSPS) is 22.6. The summed E-state index contributed by atoms with van der Waals surface area (Å²) in [6.07, 6.45) is 6.95. The molecule has 1 aliphatic heterocycles. The number of rotatable bonds is 4. The van der Waals surface area contributed by atoms with E-state index in [2.05, 4.69) is 27.1 Å². The highest BCUT2D eigenvalue weighted by molar-refractivity contribution is 5.65. The minimum Gasteiger partial charge on any atom is -0.495 e. The van der Waals surface area contributed by atoms with E-state index in [4.69, 9.17) is 13.9 Å². The van der Waals surface area contributed by atoms with Gasteiger partial charge in [0.05, 0.1) is 19.4 Å². The molecule has 23 heavy (non-hydrogen) atoms. The van der Waals surface area contributed by atoms with Crippen LogP contribution in [0.25, 0.3) is 12.2 Å². The molecule has 0 aromatic carbocycles. The lowest BCUT2D eigenvalue weighted by molar-refractivity contribution is -0.0823. The van der Waals surface area contributed by atoms with E-state index in [-0.39, 0.29) is 12.2 Å². The lowest BCUT2D eigenvalue weighted by atomic mass is 10.2. The molecule has 0 saturated carbocycles. The average molecular weight is 316 g/mol. The molecule has 2 atom stereocenters. The van der Waals surface area contributed by atoms with Crippen molar-refractivity contribution >= 4 is 12.2 Å². The lowest BCUT2D eigenvalue weighted by Gasteiger charge is -2.32. The topological polar surface area (TPSA) is 73.5 Å². The molecule has 1 saturated heterocycles. The van der Waals surface area contributed by atoms with Crippen LogP contribution in [0.15, 0.2) is 22.9 Å². The molecule has 1 fully saturated rings. The van der Waals surface area contributed by atoms with E-state index in [0.29, 0.717) is 17.5 Å². The van der Waals surface area contributed by atoms with Crippen molar-refractivity contribution in [1.82, 2.24) is 20.1 Å². The predicted octanol–water partition coefficient (Wildman–Crippen LogP) is 2.04. The molecule has 0 aliphatic carbocycles. The minimum atomic E-state index is -0.183. The van der Waals surface area contributed by atoms with Crippen molar-refractivity contribution in [3.8, 4) is 5.75 Å². The number of likely N-dealkylation sites (N-methyl/N-ethyl adjacent to an activating group) is 1. The summed E-state index contributed by atoms with van der Waals surface area (Å²) in [6.45, 7) is 3.69. The molecule has 3 heterocycles. The zero-order valence-corrected chi connectivity index (χ0v) is 13.5. The summed E-state index contributed by atoms with van der Waals surface area (Å²) in [6, 6.07) is 1.88.